The molecule has 7 nitrogen and oxygen atoms in total. The van der Waals surface area contributed by atoms with Crippen molar-refractivity contribution in [2.45, 2.75) is 37.3 Å². The van der Waals surface area contributed by atoms with E-state index in [9.17, 15) is 15.3 Å². The molecule has 1 aromatic rings. The first-order valence-electron chi connectivity index (χ1n) is 5.94. The molecular formula is C12H17NO6. The van der Waals surface area contributed by atoms with Crippen molar-refractivity contribution in [2.24, 2.45) is 0 Å². The van der Waals surface area contributed by atoms with Crippen LogP contribution in [0, 0.1) is 0 Å². The van der Waals surface area contributed by atoms with Crippen LogP contribution in [0.3, 0.4) is 0 Å². The van der Waals surface area contributed by atoms with E-state index in [4.69, 9.17) is 14.6 Å². The number of nitrogens with zero attached hydrogens (tertiary/aromatic N) is 1. The molecule has 2 rings (SSSR count). The van der Waals surface area contributed by atoms with Crippen molar-refractivity contribution in [3.8, 4) is 0 Å². The van der Waals surface area contributed by atoms with Gasteiger partial charge in [-0.05, 0) is 11.6 Å². The second-order valence-electron chi connectivity index (χ2n) is 4.37. The molecule has 106 valence electrons. The van der Waals surface area contributed by atoms with E-state index in [0.29, 0.717) is 0 Å². The number of aliphatic hydroxyl groups excluding tert-OH is 4. The van der Waals surface area contributed by atoms with Crippen LogP contribution < -0.4 is 0 Å². The molecule has 0 radical (unpaired) electrons. The molecule has 0 bridgehead atoms. The maximum atomic E-state index is 9.74. The molecule has 4 N–H and O–H groups in total. The fourth-order valence-electron chi connectivity index (χ4n) is 1.87. The maximum Gasteiger partial charge on any atom is 0.187 e. The predicted molar refractivity (Wildman–Crippen MR) is 62.8 cm³/mol. The Balaban J connectivity index is 1.95. The molecular weight excluding hydrogens is 254 g/mol. The van der Waals surface area contributed by atoms with Crippen molar-refractivity contribution < 1.29 is 29.9 Å². The van der Waals surface area contributed by atoms with Crippen LogP contribution in [0.25, 0.3) is 0 Å². The first-order chi connectivity index (χ1) is 9.13. The minimum atomic E-state index is -1.43. The van der Waals surface area contributed by atoms with Crippen LogP contribution in [-0.4, -0.2) is 62.7 Å². The lowest BCUT2D eigenvalue weighted by Crippen LogP contribution is -2.59. The normalized spacial score (nSPS) is 35.3. The third kappa shape index (κ3) is 3.27. The summed E-state index contributed by atoms with van der Waals surface area (Å²) in [6, 6.07) is 3.53. The number of hydrogen-bond acceptors (Lipinski definition) is 7. The number of aliphatic hydroxyl groups is 4. The molecule has 1 aliphatic heterocycles. The molecule has 19 heavy (non-hydrogen) atoms. The summed E-state index contributed by atoms with van der Waals surface area (Å²) in [5.74, 6) is 0. The summed E-state index contributed by atoms with van der Waals surface area (Å²) in [6.07, 6.45) is -3.04. The number of pyridine rings is 1. The predicted octanol–water partition coefficient (Wildman–Crippen LogP) is -1.60. The second kappa shape index (κ2) is 6.38. The summed E-state index contributed by atoms with van der Waals surface area (Å²) >= 11 is 0. The monoisotopic (exact) mass is 271 g/mol. The summed E-state index contributed by atoms with van der Waals surface area (Å²) in [4.78, 5) is 3.91. The van der Waals surface area contributed by atoms with E-state index in [1.54, 1.807) is 24.5 Å². The fourth-order valence-corrected chi connectivity index (χ4v) is 1.87. The average Bonchev–Trinajstić information content (AvgIpc) is 2.45. The minimum absolute atomic E-state index is 0.135. The van der Waals surface area contributed by atoms with Gasteiger partial charge in [0.2, 0.25) is 0 Å². The standard InChI is InChI=1S/C12H17NO6/c14-5-8-9(15)10(16)11(17)12(19-8)18-6-7-2-1-3-13-4-7/h1-4,8-12,14-17H,5-6H2/t8-,9-,10+,11-,12-/m1/s1. The van der Waals surface area contributed by atoms with E-state index >= 15 is 0 Å². The van der Waals surface area contributed by atoms with Gasteiger partial charge >= 0.3 is 0 Å². The van der Waals surface area contributed by atoms with Gasteiger partial charge in [-0.25, -0.2) is 0 Å². The van der Waals surface area contributed by atoms with E-state index in [0.717, 1.165) is 5.56 Å². The van der Waals surface area contributed by atoms with Crippen molar-refractivity contribution in [2.75, 3.05) is 6.61 Å². The Kier molecular flexibility index (Phi) is 4.81. The molecule has 1 saturated heterocycles. The Bertz CT molecular complexity index is 387. The van der Waals surface area contributed by atoms with Crippen LogP contribution in [0.2, 0.25) is 0 Å². The van der Waals surface area contributed by atoms with Gasteiger partial charge in [-0.2, -0.15) is 0 Å². The largest absolute Gasteiger partial charge is 0.394 e. The molecule has 7 heteroatoms. The number of rotatable bonds is 4. The zero-order valence-corrected chi connectivity index (χ0v) is 10.2. The molecule has 0 amide bonds. The van der Waals surface area contributed by atoms with Crippen LogP contribution in [0.5, 0.6) is 0 Å². The minimum Gasteiger partial charge on any atom is -0.394 e. The van der Waals surface area contributed by atoms with Gasteiger partial charge in [0, 0.05) is 12.4 Å². The van der Waals surface area contributed by atoms with Gasteiger partial charge in [0.1, 0.15) is 24.4 Å². The van der Waals surface area contributed by atoms with Crippen LogP contribution in [0.15, 0.2) is 24.5 Å². The molecule has 1 aromatic heterocycles. The van der Waals surface area contributed by atoms with Crippen molar-refractivity contribution in [1.82, 2.24) is 4.98 Å². The lowest BCUT2D eigenvalue weighted by atomic mass is 9.99. The van der Waals surface area contributed by atoms with E-state index in [1.165, 1.54) is 0 Å². The smallest absolute Gasteiger partial charge is 0.187 e. The Morgan fingerprint density at radius 2 is 2.00 bits per heavy atom. The number of aromatic nitrogens is 1. The Labute approximate surface area is 110 Å². The van der Waals surface area contributed by atoms with Crippen LogP contribution in [-0.2, 0) is 16.1 Å². The highest BCUT2D eigenvalue weighted by atomic mass is 16.7. The molecule has 0 aliphatic carbocycles. The van der Waals surface area contributed by atoms with Gasteiger partial charge in [0.05, 0.1) is 13.2 Å². The van der Waals surface area contributed by atoms with Gasteiger partial charge < -0.3 is 29.9 Å². The highest BCUT2D eigenvalue weighted by Gasteiger charge is 2.43. The maximum absolute atomic E-state index is 9.74. The first-order valence-corrected chi connectivity index (χ1v) is 5.94. The summed E-state index contributed by atoms with van der Waals surface area (Å²) in [6.45, 7) is -0.339. The van der Waals surface area contributed by atoms with Crippen LogP contribution >= 0.6 is 0 Å². The summed E-state index contributed by atoms with van der Waals surface area (Å²) < 4.78 is 10.5. The Morgan fingerprint density at radius 3 is 2.63 bits per heavy atom. The van der Waals surface area contributed by atoms with E-state index in [1.807, 2.05) is 0 Å². The van der Waals surface area contributed by atoms with Crippen molar-refractivity contribution in [3.05, 3.63) is 30.1 Å². The van der Waals surface area contributed by atoms with Crippen molar-refractivity contribution in [3.63, 3.8) is 0 Å². The van der Waals surface area contributed by atoms with Crippen LogP contribution in [0.4, 0.5) is 0 Å². The molecule has 2 heterocycles. The average molecular weight is 271 g/mol. The van der Waals surface area contributed by atoms with Gasteiger partial charge in [0.25, 0.3) is 0 Å². The molecule has 0 saturated carbocycles. The lowest BCUT2D eigenvalue weighted by Gasteiger charge is -2.39. The molecule has 1 fully saturated rings. The van der Waals surface area contributed by atoms with E-state index in [-0.39, 0.29) is 6.61 Å². The van der Waals surface area contributed by atoms with Gasteiger partial charge in [-0.1, -0.05) is 6.07 Å². The summed E-state index contributed by atoms with van der Waals surface area (Å²) in [7, 11) is 0. The fraction of sp³-hybridized carbons (Fsp3) is 0.583. The van der Waals surface area contributed by atoms with Crippen LogP contribution in [0.1, 0.15) is 5.56 Å². The topological polar surface area (TPSA) is 112 Å². The van der Waals surface area contributed by atoms with Gasteiger partial charge in [-0.15, -0.1) is 0 Å². The SMILES string of the molecule is OC[C@H]1O[C@@H](OCc2cccnc2)[C@H](O)[C@@H](O)[C@@H]1O. The van der Waals surface area contributed by atoms with E-state index < -0.39 is 37.3 Å². The quantitative estimate of drug-likeness (QED) is 0.521. The van der Waals surface area contributed by atoms with Crippen molar-refractivity contribution in [1.29, 1.82) is 0 Å². The third-order valence-electron chi connectivity index (χ3n) is 2.99. The zero-order chi connectivity index (χ0) is 13.8. The third-order valence-corrected chi connectivity index (χ3v) is 2.99. The summed E-state index contributed by atoms with van der Waals surface area (Å²) in [5, 5.41) is 37.9. The number of hydrogen-bond donors (Lipinski definition) is 4. The Morgan fingerprint density at radius 1 is 1.21 bits per heavy atom. The van der Waals surface area contributed by atoms with E-state index in [2.05, 4.69) is 4.98 Å². The van der Waals surface area contributed by atoms with Gasteiger partial charge in [-0.3, -0.25) is 4.98 Å². The first kappa shape index (κ1) is 14.3. The molecule has 0 unspecified atom stereocenters. The highest BCUT2D eigenvalue weighted by molar-refractivity contribution is 5.06. The zero-order valence-electron chi connectivity index (χ0n) is 10.2. The lowest BCUT2D eigenvalue weighted by molar-refractivity contribution is -0.304. The van der Waals surface area contributed by atoms with Gasteiger partial charge in [0.15, 0.2) is 6.29 Å². The Hall–Kier alpha value is -1.09. The van der Waals surface area contributed by atoms with Crippen molar-refractivity contribution >= 4 is 0 Å². The molecule has 0 spiro atoms. The number of ether oxygens (including phenoxy) is 2. The molecule has 0 aromatic carbocycles. The summed E-state index contributed by atoms with van der Waals surface area (Å²) in [5.41, 5.74) is 0.777. The highest BCUT2D eigenvalue weighted by Crippen LogP contribution is 2.22. The second-order valence-corrected chi connectivity index (χ2v) is 4.37. The molecule has 5 atom stereocenters. The molecule has 1 aliphatic rings.